The zero-order chi connectivity index (χ0) is 14.4. The van der Waals surface area contributed by atoms with Crippen molar-refractivity contribution in [3.05, 3.63) is 53.6 Å². The fourth-order valence-electron chi connectivity index (χ4n) is 1.72. The molecule has 0 atom stereocenters. The molecule has 20 heavy (non-hydrogen) atoms. The molecule has 0 bridgehead atoms. The van der Waals surface area contributed by atoms with Gasteiger partial charge in [0.05, 0.1) is 12.7 Å². The van der Waals surface area contributed by atoms with Gasteiger partial charge in [0.15, 0.2) is 0 Å². The summed E-state index contributed by atoms with van der Waals surface area (Å²) < 4.78 is 5.10. The predicted octanol–water partition coefficient (Wildman–Crippen LogP) is 1.77. The number of ether oxygens (including phenoxy) is 1. The van der Waals surface area contributed by atoms with Crippen molar-refractivity contribution in [1.82, 2.24) is 15.3 Å². The highest BCUT2D eigenvalue weighted by Crippen LogP contribution is 2.11. The van der Waals surface area contributed by atoms with Crippen molar-refractivity contribution in [2.45, 2.75) is 13.3 Å². The Kier molecular flexibility index (Phi) is 4.65. The molecule has 1 N–H and O–H groups in total. The summed E-state index contributed by atoms with van der Waals surface area (Å²) >= 11 is 0. The van der Waals surface area contributed by atoms with E-state index in [2.05, 4.69) is 15.3 Å². The lowest BCUT2D eigenvalue weighted by molar-refractivity contribution is 0.0953. The van der Waals surface area contributed by atoms with Crippen LogP contribution in [0.4, 0.5) is 0 Å². The largest absolute Gasteiger partial charge is 0.497 e. The Morgan fingerprint density at radius 2 is 1.85 bits per heavy atom. The van der Waals surface area contributed by atoms with E-state index in [1.54, 1.807) is 14.0 Å². The Hall–Kier alpha value is -2.43. The molecular formula is C15H17N3O2. The van der Waals surface area contributed by atoms with Crippen LogP contribution in [-0.4, -0.2) is 29.5 Å². The lowest BCUT2D eigenvalue weighted by atomic mass is 10.1. The van der Waals surface area contributed by atoms with Gasteiger partial charge in [-0.3, -0.25) is 4.79 Å². The van der Waals surface area contributed by atoms with Gasteiger partial charge < -0.3 is 10.1 Å². The van der Waals surface area contributed by atoms with Gasteiger partial charge in [-0.05, 0) is 31.0 Å². The second kappa shape index (κ2) is 6.65. The van der Waals surface area contributed by atoms with Crippen molar-refractivity contribution in [2.24, 2.45) is 0 Å². The number of methoxy groups -OCH3 is 1. The molecular weight excluding hydrogens is 254 g/mol. The standard InChI is InChI=1S/C15H17N3O2/c1-11-17-9-13(10-18-11)15(19)16-8-7-12-3-5-14(20-2)6-4-12/h3-6,9-10H,7-8H2,1-2H3,(H,16,19). The van der Waals surface area contributed by atoms with Gasteiger partial charge in [0.25, 0.3) is 5.91 Å². The van der Waals surface area contributed by atoms with Gasteiger partial charge in [0, 0.05) is 18.9 Å². The minimum Gasteiger partial charge on any atom is -0.497 e. The van der Waals surface area contributed by atoms with E-state index in [9.17, 15) is 4.79 Å². The number of amides is 1. The van der Waals surface area contributed by atoms with Crippen LogP contribution in [-0.2, 0) is 6.42 Å². The number of nitrogens with one attached hydrogen (secondary N) is 1. The average molecular weight is 271 g/mol. The lowest BCUT2D eigenvalue weighted by Gasteiger charge is -2.06. The molecule has 1 aromatic heterocycles. The molecule has 0 saturated carbocycles. The van der Waals surface area contributed by atoms with Crippen molar-refractivity contribution in [3.8, 4) is 5.75 Å². The maximum Gasteiger partial charge on any atom is 0.254 e. The minimum atomic E-state index is -0.154. The van der Waals surface area contributed by atoms with Gasteiger partial charge in [-0.25, -0.2) is 9.97 Å². The van der Waals surface area contributed by atoms with Gasteiger partial charge in [-0.2, -0.15) is 0 Å². The number of hydrogen-bond acceptors (Lipinski definition) is 4. The molecule has 104 valence electrons. The number of carbonyl (C=O) groups is 1. The summed E-state index contributed by atoms with van der Waals surface area (Å²) in [7, 11) is 1.64. The van der Waals surface area contributed by atoms with Crippen LogP contribution in [0.2, 0.25) is 0 Å². The highest BCUT2D eigenvalue weighted by atomic mass is 16.5. The van der Waals surface area contributed by atoms with Gasteiger partial charge >= 0.3 is 0 Å². The Balaban J connectivity index is 1.82. The zero-order valence-electron chi connectivity index (χ0n) is 11.6. The van der Waals surface area contributed by atoms with Crippen LogP contribution >= 0.6 is 0 Å². The fraction of sp³-hybridized carbons (Fsp3) is 0.267. The first-order chi connectivity index (χ1) is 9.69. The highest BCUT2D eigenvalue weighted by molar-refractivity contribution is 5.93. The molecule has 0 aliphatic carbocycles. The first-order valence-electron chi connectivity index (χ1n) is 6.39. The smallest absolute Gasteiger partial charge is 0.254 e. The van der Waals surface area contributed by atoms with Crippen molar-refractivity contribution in [2.75, 3.05) is 13.7 Å². The van der Waals surface area contributed by atoms with Gasteiger partial charge in [0.2, 0.25) is 0 Å². The average Bonchev–Trinajstić information content (AvgIpc) is 2.48. The SMILES string of the molecule is COc1ccc(CCNC(=O)c2cnc(C)nc2)cc1. The van der Waals surface area contributed by atoms with E-state index in [-0.39, 0.29) is 5.91 Å². The van der Waals surface area contributed by atoms with E-state index in [1.807, 2.05) is 24.3 Å². The number of rotatable bonds is 5. The number of benzene rings is 1. The third-order valence-corrected chi connectivity index (χ3v) is 2.90. The van der Waals surface area contributed by atoms with Crippen LogP contribution < -0.4 is 10.1 Å². The van der Waals surface area contributed by atoms with Crippen molar-refractivity contribution < 1.29 is 9.53 Å². The lowest BCUT2D eigenvalue weighted by Crippen LogP contribution is -2.26. The van der Waals surface area contributed by atoms with Crippen LogP contribution in [0.25, 0.3) is 0 Å². The van der Waals surface area contributed by atoms with E-state index in [0.29, 0.717) is 17.9 Å². The Morgan fingerprint density at radius 3 is 2.45 bits per heavy atom. The van der Waals surface area contributed by atoms with Gasteiger partial charge in [-0.1, -0.05) is 12.1 Å². The molecule has 2 aromatic rings. The first kappa shape index (κ1) is 14.0. The number of aromatic nitrogens is 2. The van der Waals surface area contributed by atoms with E-state index >= 15 is 0 Å². The normalized spacial score (nSPS) is 10.1. The second-order valence-corrected chi connectivity index (χ2v) is 4.37. The molecule has 1 amide bonds. The number of hydrogen-bond donors (Lipinski definition) is 1. The minimum absolute atomic E-state index is 0.154. The van der Waals surface area contributed by atoms with Crippen LogP contribution in [0.5, 0.6) is 5.75 Å². The summed E-state index contributed by atoms with van der Waals surface area (Å²) in [5.74, 6) is 1.33. The van der Waals surface area contributed by atoms with Crippen molar-refractivity contribution in [1.29, 1.82) is 0 Å². The summed E-state index contributed by atoms with van der Waals surface area (Å²) in [5.41, 5.74) is 1.62. The summed E-state index contributed by atoms with van der Waals surface area (Å²) in [6.07, 6.45) is 3.83. The summed E-state index contributed by atoms with van der Waals surface area (Å²) in [4.78, 5) is 19.8. The third kappa shape index (κ3) is 3.78. The molecule has 0 fully saturated rings. The summed E-state index contributed by atoms with van der Waals surface area (Å²) in [6.45, 7) is 2.35. The topological polar surface area (TPSA) is 64.1 Å². The van der Waals surface area contributed by atoms with E-state index < -0.39 is 0 Å². The number of carbonyl (C=O) groups excluding carboxylic acids is 1. The van der Waals surface area contributed by atoms with Crippen LogP contribution in [0.15, 0.2) is 36.7 Å². The zero-order valence-corrected chi connectivity index (χ0v) is 11.6. The molecule has 0 saturated heterocycles. The molecule has 5 nitrogen and oxygen atoms in total. The molecule has 0 aliphatic heterocycles. The van der Waals surface area contributed by atoms with E-state index in [0.717, 1.165) is 17.7 Å². The quantitative estimate of drug-likeness (QED) is 0.900. The van der Waals surface area contributed by atoms with Crippen molar-refractivity contribution in [3.63, 3.8) is 0 Å². The molecule has 0 spiro atoms. The molecule has 0 aliphatic rings. The number of aryl methyl sites for hydroxylation is 1. The fourth-order valence-corrected chi connectivity index (χ4v) is 1.72. The van der Waals surface area contributed by atoms with Gasteiger partial charge in [0.1, 0.15) is 11.6 Å². The Morgan fingerprint density at radius 1 is 1.20 bits per heavy atom. The molecule has 1 heterocycles. The maximum atomic E-state index is 11.8. The summed E-state index contributed by atoms with van der Waals surface area (Å²) in [6, 6.07) is 7.79. The molecule has 2 rings (SSSR count). The second-order valence-electron chi connectivity index (χ2n) is 4.37. The van der Waals surface area contributed by atoms with E-state index in [4.69, 9.17) is 4.74 Å². The van der Waals surface area contributed by atoms with Crippen LogP contribution in [0, 0.1) is 6.92 Å². The molecule has 0 radical (unpaired) electrons. The highest BCUT2D eigenvalue weighted by Gasteiger charge is 2.05. The molecule has 0 unspecified atom stereocenters. The van der Waals surface area contributed by atoms with Gasteiger partial charge in [-0.15, -0.1) is 0 Å². The Bertz CT molecular complexity index is 565. The molecule has 1 aromatic carbocycles. The van der Waals surface area contributed by atoms with Crippen molar-refractivity contribution >= 4 is 5.91 Å². The number of nitrogens with zero attached hydrogens (tertiary/aromatic N) is 2. The van der Waals surface area contributed by atoms with Crippen LogP contribution in [0.3, 0.4) is 0 Å². The molecule has 5 heteroatoms. The predicted molar refractivity (Wildman–Crippen MR) is 75.8 cm³/mol. The van der Waals surface area contributed by atoms with E-state index in [1.165, 1.54) is 12.4 Å². The monoisotopic (exact) mass is 271 g/mol. The third-order valence-electron chi connectivity index (χ3n) is 2.90. The first-order valence-corrected chi connectivity index (χ1v) is 6.39. The maximum absolute atomic E-state index is 11.8. The summed E-state index contributed by atoms with van der Waals surface area (Å²) in [5, 5.41) is 2.85. The Labute approximate surface area is 118 Å². The van der Waals surface area contributed by atoms with Crippen LogP contribution in [0.1, 0.15) is 21.7 Å².